The van der Waals surface area contributed by atoms with Crippen LogP contribution in [0.15, 0.2) is 30.3 Å². The summed E-state index contributed by atoms with van der Waals surface area (Å²) in [5.74, 6) is 0. The Hall–Kier alpha value is -0.930. The monoisotopic (exact) mass is 222 g/mol. The van der Waals surface area contributed by atoms with Gasteiger partial charge in [-0.2, -0.15) is 0 Å². The number of alkyl halides is 1. The van der Waals surface area contributed by atoms with Crippen molar-refractivity contribution in [2.75, 3.05) is 19.6 Å². The van der Waals surface area contributed by atoms with Gasteiger partial charge in [0.05, 0.1) is 0 Å². The molecule has 1 saturated heterocycles. The van der Waals surface area contributed by atoms with Crippen LogP contribution < -0.4 is 5.73 Å². The predicted octanol–water partition coefficient (Wildman–Crippen LogP) is 1.95. The van der Waals surface area contributed by atoms with E-state index >= 15 is 0 Å². The highest BCUT2D eigenvalue weighted by Gasteiger charge is 2.32. The quantitative estimate of drug-likeness (QED) is 0.847. The molecule has 0 amide bonds. The van der Waals surface area contributed by atoms with Gasteiger partial charge >= 0.3 is 0 Å². The lowest BCUT2D eigenvalue weighted by Gasteiger charge is -2.35. The summed E-state index contributed by atoms with van der Waals surface area (Å²) in [7, 11) is 0. The first-order chi connectivity index (χ1) is 7.72. The van der Waals surface area contributed by atoms with E-state index < -0.39 is 5.67 Å². The van der Waals surface area contributed by atoms with Crippen molar-refractivity contribution in [3.63, 3.8) is 0 Å². The van der Waals surface area contributed by atoms with Crippen molar-refractivity contribution in [1.29, 1.82) is 0 Å². The molecule has 0 aliphatic carbocycles. The first-order valence-electron chi connectivity index (χ1n) is 5.87. The van der Waals surface area contributed by atoms with Crippen molar-refractivity contribution in [2.45, 2.75) is 25.1 Å². The van der Waals surface area contributed by atoms with Gasteiger partial charge in [0.25, 0.3) is 0 Å². The van der Waals surface area contributed by atoms with Crippen LogP contribution in [0.4, 0.5) is 4.39 Å². The third-order valence-electron chi connectivity index (χ3n) is 3.37. The molecule has 2 nitrogen and oxygen atoms in total. The van der Waals surface area contributed by atoms with Gasteiger partial charge in [0.15, 0.2) is 0 Å². The minimum absolute atomic E-state index is 0.159. The van der Waals surface area contributed by atoms with Gasteiger partial charge in [-0.25, -0.2) is 4.39 Å². The van der Waals surface area contributed by atoms with Crippen LogP contribution in [0.5, 0.6) is 0 Å². The summed E-state index contributed by atoms with van der Waals surface area (Å²) in [5, 5.41) is 0. The van der Waals surface area contributed by atoms with E-state index in [1.165, 1.54) is 5.56 Å². The summed E-state index contributed by atoms with van der Waals surface area (Å²) < 4.78 is 13.9. The van der Waals surface area contributed by atoms with E-state index in [0.29, 0.717) is 12.8 Å². The highest BCUT2D eigenvalue weighted by molar-refractivity contribution is 5.14. The SMILES string of the molecule is NCC1(F)CCN(Cc2ccccc2)CC1. The Bertz CT molecular complexity index is 318. The number of rotatable bonds is 3. The van der Waals surface area contributed by atoms with Gasteiger partial charge in [0, 0.05) is 26.2 Å². The zero-order valence-electron chi connectivity index (χ0n) is 9.53. The molecule has 16 heavy (non-hydrogen) atoms. The summed E-state index contributed by atoms with van der Waals surface area (Å²) in [6.45, 7) is 2.69. The summed E-state index contributed by atoms with van der Waals surface area (Å²) >= 11 is 0. The molecule has 88 valence electrons. The Morgan fingerprint density at radius 1 is 1.19 bits per heavy atom. The first-order valence-corrected chi connectivity index (χ1v) is 5.87. The van der Waals surface area contributed by atoms with Crippen LogP contribution in [-0.2, 0) is 6.54 Å². The normalized spacial score (nSPS) is 20.9. The second kappa shape index (κ2) is 4.93. The van der Waals surface area contributed by atoms with Crippen molar-refractivity contribution in [2.24, 2.45) is 5.73 Å². The minimum atomic E-state index is -1.12. The van der Waals surface area contributed by atoms with Crippen LogP contribution in [-0.4, -0.2) is 30.2 Å². The average Bonchev–Trinajstić information content (AvgIpc) is 2.34. The van der Waals surface area contributed by atoms with Gasteiger partial charge in [-0.3, -0.25) is 4.90 Å². The molecule has 0 bridgehead atoms. The number of hydrogen-bond acceptors (Lipinski definition) is 2. The highest BCUT2D eigenvalue weighted by atomic mass is 19.1. The van der Waals surface area contributed by atoms with Crippen molar-refractivity contribution < 1.29 is 4.39 Å². The maximum atomic E-state index is 13.9. The van der Waals surface area contributed by atoms with Crippen LogP contribution in [0.25, 0.3) is 0 Å². The molecular weight excluding hydrogens is 203 g/mol. The number of halogens is 1. The fraction of sp³-hybridized carbons (Fsp3) is 0.538. The van der Waals surface area contributed by atoms with Crippen LogP contribution in [0.3, 0.4) is 0 Å². The zero-order valence-corrected chi connectivity index (χ0v) is 9.53. The molecule has 0 spiro atoms. The third-order valence-corrected chi connectivity index (χ3v) is 3.37. The topological polar surface area (TPSA) is 29.3 Å². The number of benzene rings is 1. The van der Waals surface area contributed by atoms with E-state index in [4.69, 9.17) is 5.73 Å². The van der Waals surface area contributed by atoms with E-state index in [1.54, 1.807) is 0 Å². The average molecular weight is 222 g/mol. The van der Waals surface area contributed by atoms with Gasteiger partial charge in [-0.1, -0.05) is 30.3 Å². The lowest BCUT2D eigenvalue weighted by atomic mass is 9.93. The molecule has 0 aromatic heterocycles. The second-order valence-corrected chi connectivity index (χ2v) is 4.62. The van der Waals surface area contributed by atoms with E-state index in [-0.39, 0.29) is 6.54 Å². The van der Waals surface area contributed by atoms with Gasteiger partial charge in [-0.15, -0.1) is 0 Å². The summed E-state index contributed by atoms with van der Waals surface area (Å²) in [6, 6.07) is 10.3. The molecule has 0 saturated carbocycles. The molecule has 1 heterocycles. The molecule has 1 aromatic rings. The Morgan fingerprint density at radius 3 is 2.38 bits per heavy atom. The van der Waals surface area contributed by atoms with Crippen molar-refractivity contribution in [1.82, 2.24) is 4.90 Å². The molecule has 1 aliphatic rings. The molecule has 2 rings (SSSR count). The molecule has 1 aromatic carbocycles. The van der Waals surface area contributed by atoms with Gasteiger partial charge in [0.2, 0.25) is 0 Å². The van der Waals surface area contributed by atoms with E-state index in [9.17, 15) is 4.39 Å². The summed E-state index contributed by atoms with van der Waals surface area (Å²) in [5.41, 5.74) is 5.62. The number of likely N-dealkylation sites (tertiary alicyclic amines) is 1. The molecule has 1 fully saturated rings. The Labute approximate surface area is 96.2 Å². The molecular formula is C13H19FN2. The second-order valence-electron chi connectivity index (χ2n) is 4.62. The molecule has 2 N–H and O–H groups in total. The van der Waals surface area contributed by atoms with Crippen LogP contribution in [0.2, 0.25) is 0 Å². The van der Waals surface area contributed by atoms with Crippen molar-refractivity contribution in [3.8, 4) is 0 Å². The number of nitrogens with two attached hydrogens (primary N) is 1. The number of hydrogen-bond donors (Lipinski definition) is 1. The highest BCUT2D eigenvalue weighted by Crippen LogP contribution is 2.25. The fourth-order valence-corrected chi connectivity index (χ4v) is 2.16. The van der Waals surface area contributed by atoms with E-state index in [1.807, 2.05) is 18.2 Å². The zero-order chi connectivity index (χ0) is 11.4. The maximum Gasteiger partial charge on any atom is 0.125 e. The molecule has 0 radical (unpaired) electrons. The molecule has 1 aliphatic heterocycles. The van der Waals surface area contributed by atoms with E-state index in [0.717, 1.165) is 19.6 Å². The van der Waals surface area contributed by atoms with E-state index in [2.05, 4.69) is 17.0 Å². The Kier molecular flexibility index (Phi) is 3.56. The predicted molar refractivity (Wildman–Crippen MR) is 63.8 cm³/mol. The summed E-state index contributed by atoms with van der Waals surface area (Å²) in [6.07, 6.45) is 1.13. The largest absolute Gasteiger partial charge is 0.328 e. The lowest BCUT2D eigenvalue weighted by Crippen LogP contribution is -2.45. The molecule has 0 atom stereocenters. The van der Waals surface area contributed by atoms with Gasteiger partial charge in [0.1, 0.15) is 5.67 Å². The van der Waals surface area contributed by atoms with Gasteiger partial charge in [-0.05, 0) is 18.4 Å². The van der Waals surface area contributed by atoms with Crippen LogP contribution >= 0.6 is 0 Å². The van der Waals surface area contributed by atoms with Gasteiger partial charge < -0.3 is 5.73 Å². The standard InChI is InChI=1S/C13H19FN2/c14-13(11-15)6-8-16(9-7-13)10-12-4-2-1-3-5-12/h1-5H,6-11,15H2. The first kappa shape index (κ1) is 11.6. The summed E-state index contributed by atoms with van der Waals surface area (Å²) in [4.78, 5) is 2.29. The minimum Gasteiger partial charge on any atom is -0.328 e. The Balaban J connectivity index is 1.86. The molecule has 3 heteroatoms. The maximum absolute atomic E-state index is 13.9. The Morgan fingerprint density at radius 2 is 1.81 bits per heavy atom. The fourth-order valence-electron chi connectivity index (χ4n) is 2.16. The van der Waals surface area contributed by atoms with Crippen molar-refractivity contribution >= 4 is 0 Å². The molecule has 0 unspecified atom stereocenters. The number of nitrogens with zero attached hydrogens (tertiary/aromatic N) is 1. The van der Waals surface area contributed by atoms with Crippen molar-refractivity contribution in [3.05, 3.63) is 35.9 Å². The smallest absolute Gasteiger partial charge is 0.125 e. The van der Waals surface area contributed by atoms with Crippen LogP contribution in [0.1, 0.15) is 18.4 Å². The number of piperidine rings is 1. The lowest BCUT2D eigenvalue weighted by molar-refractivity contribution is 0.0620. The third kappa shape index (κ3) is 2.80. The van der Waals surface area contributed by atoms with Crippen LogP contribution in [0, 0.1) is 0 Å².